The summed E-state index contributed by atoms with van der Waals surface area (Å²) in [6.45, 7) is 0.639. The van der Waals surface area contributed by atoms with E-state index in [9.17, 15) is 4.79 Å². The van der Waals surface area contributed by atoms with Crippen molar-refractivity contribution in [2.24, 2.45) is 5.41 Å². The molecule has 0 bridgehead atoms. The summed E-state index contributed by atoms with van der Waals surface area (Å²) in [5.41, 5.74) is 8.26. The number of esters is 1. The molecule has 0 unspecified atom stereocenters. The summed E-state index contributed by atoms with van der Waals surface area (Å²) in [4.78, 5) is 11.8. The van der Waals surface area contributed by atoms with Gasteiger partial charge in [0, 0.05) is 6.54 Å². The van der Waals surface area contributed by atoms with Crippen molar-refractivity contribution in [2.45, 2.75) is 32.1 Å². The van der Waals surface area contributed by atoms with E-state index in [4.69, 9.17) is 10.5 Å². The number of rotatable bonds is 6. The van der Waals surface area contributed by atoms with Gasteiger partial charge in [0.15, 0.2) is 0 Å². The molecule has 2 rings (SSSR count). The van der Waals surface area contributed by atoms with Gasteiger partial charge in [-0.2, -0.15) is 0 Å². The first-order chi connectivity index (χ1) is 8.77. The molecule has 97 valence electrons. The van der Waals surface area contributed by atoms with Crippen molar-refractivity contribution >= 4 is 5.97 Å². The summed E-state index contributed by atoms with van der Waals surface area (Å²) in [7, 11) is 0. The Morgan fingerprint density at radius 2 is 2.00 bits per heavy atom. The highest BCUT2D eigenvalue weighted by Gasteiger charge is 2.44. The summed E-state index contributed by atoms with van der Waals surface area (Å²) < 4.78 is 5.30. The zero-order valence-electron chi connectivity index (χ0n) is 10.7. The molecular weight excluding hydrogens is 226 g/mol. The summed E-state index contributed by atoms with van der Waals surface area (Å²) in [5.74, 6) is -0.156. The quantitative estimate of drug-likeness (QED) is 0.572. The highest BCUT2D eigenvalue weighted by Crippen LogP contribution is 2.41. The molecule has 0 aliphatic heterocycles. The molecular formula is C15H20NO2. The smallest absolute Gasteiger partial charge is 0.313 e. The minimum atomic E-state index is -0.466. The lowest BCUT2D eigenvalue weighted by Crippen LogP contribution is -2.43. The third-order valence-corrected chi connectivity index (χ3v) is 3.77. The lowest BCUT2D eigenvalue weighted by atomic mass is 9.69. The van der Waals surface area contributed by atoms with Gasteiger partial charge < -0.3 is 4.74 Å². The van der Waals surface area contributed by atoms with Gasteiger partial charge in [0.05, 0.1) is 12.0 Å². The van der Waals surface area contributed by atoms with E-state index in [1.54, 1.807) is 0 Å². The number of carbonyl (C=O) groups is 1. The molecule has 0 spiro atoms. The van der Waals surface area contributed by atoms with Crippen LogP contribution >= 0.6 is 0 Å². The molecule has 1 saturated carbocycles. The summed E-state index contributed by atoms with van der Waals surface area (Å²) in [5, 5.41) is 0. The first-order valence-electron chi connectivity index (χ1n) is 6.63. The molecule has 18 heavy (non-hydrogen) atoms. The molecule has 0 amide bonds. The van der Waals surface area contributed by atoms with Crippen molar-refractivity contribution in [1.82, 2.24) is 5.73 Å². The van der Waals surface area contributed by atoms with E-state index < -0.39 is 5.41 Å². The topological polar surface area (TPSA) is 50.1 Å². The molecule has 1 aliphatic rings. The fraction of sp³-hybridized carbons (Fsp3) is 0.533. The van der Waals surface area contributed by atoms with Crippen LogP contribution in [0.2, 0.25) is 0 Å². The third kappa shape index (κ3) is 2.91. The van der Waals surface area contributed by atoms with Crippen LogP contribution < -0.4 is 5.73 Å². The van der Waals surface area contributed by atoms with Gasteiger partial charge in [0.25, 0.3) is 0 Å². The first-order valence-corrected chi connectivity index (χ1v) is 6.63. The van der Waals surface area contributed by atoms with E-state index in [2.05, 4.69) is 12.1 Å². The van der Waals surface area contributed by atoms with Crippen LogP contribution in [0.3, 0.4) is 0 Å². The van der Waals surface area contributed by atoms with Gasteiger partial charge in [-0.3, -0.25) is 10.5 Å². The molecule has 0 aromatic heterocycles. The fourth-order valence-electron chi connectivity index (χ4n) is 2.30. The third-order valence-electron chi connectivity index (χ3n) is 3.77. The first kappa shape index (κ1) is 13.1. The minimum absolute atomic E-state index is 0.156. The van der Waals surface area contributed by atoms with E-state index in [-0.39, 0.29) is 12.5 Å². The van der Waals surface area contributed by atoms with Gasteiger partial charge in [-0.1, -0.05) is 36.8 Å². The second kappa shape index (κ2) is 6.01. The highest BCUT2D eigenvalue weighted by molar-refractivity contribution is 5.78. The molecule has 0 heterocycles. The Morgan fingerprint density at radius 3 is 2.56 bits per heavy atom. The van der Waals surface area contributed by atoms with Gasteiger partial charge in [0.2, 0.25) is 0 Å². The summed E-state index contributed by atoms with van der Waals surface area (Å²) >= 11 is 0. The van der Waals surface area contributed by atoms with Crippen molar-refractivity contribution in [3.63, 3.8) is 0 Å². The SMILES string of the molecule is [NH]CC1(C(=O)OCCCc2ccccc2)CCC1. The number of hydrogen-bond donors (Lipinski definition) is 0. The van der Waals surface area contributed by atoms with Crippen LogP contribution in [0, 0.1) is 5.41 Å². The monoisotopic (exact) mass is 246 g/mol. The normalized spacial score (nSPS) is 16.9. The number of hydrogen-bond acceptors (Lipinski definition) is 2. The maximum Gasteiger partial charge on any atom is 0.313 e. The average molecular weight is 246 g/mol. The van der Waals surface area contributed by atoms with Crippen LogP contribution in [-0.4, -0.2) is 19.1 Å². The van der Waals surface area contributed by atoms with E-state index in [0.717, 1.165) is 32.1 Å². The van der Waals surface area contributed by atoms with Crippen molar-refractivity contribution in [1.29, 1.82) is 0 Å². The largest absolute Gasteiger partial charge is 0.465 e. The number of benzene rings is 1. The van der Waals surface area contributed by atoms with Crippen LogP contribution in [-0.2, 0) is 16.0 Å². The van der Waals surface area contributed by atoms with Crippen LogP contribution in [0.5, 0.6) is 0 Å². The van der Waals surface area contributed by atoms with E-state index in [1.165, 1.54) is 5.56 Å². The molecule has 3 heteroatoms. The van der Waals surface area contributed by atoms with Crippen LogP contribution in [0.15, 0.2) is 30.3 Å². The second-order valence-electron chi connectivity index (χ2n) is 5.04. The molecule has 0 atom stereocenters. The zero-order valence-corrected chi connectivity index (χ0v) is 10.7. The Hall–Kier alpha value is -1.35. The maximum atomic E-state index is 11.8. The molecule has 1 aromatic rings. The predicted octanol–water partition coefficient (Wildman–Crippen LogP) is 2.62. The van der Waals surface area contributed by atoms with Crippen LogP contribution in [0.25, 0.3) is 0 Å². The molecule has 1 radical (unpaired) electrons. The van der Waals surface area contributed by atoms with E-state index in [1.807, 2.05) is 18.2 Å². The van der Waals surface area contributed by atoms with Crippen molar-refractivity contribution < 1.29 is 9.53 Å². The molecule has 1 aliphatic carbocycles. The fourth-order valence-corrected chi connectivity index (χ4v) is 2.30. The Kier molecular flexibility index (Phi) is 4.37. The minimum Gasteiger partial charge on any atom is -0.465 e. The van der Waals surface area contributed by atoms with Crippen LogP contribution in [0.1, 0.15) is 31.2 Å². The summed E-state index contributed by atoms with van der Waals surface area (Å²) in [6.07, 6.45) is 4.49. The van der Waals surface area contributed by atoms with Gasteiger partial charge in [-0.25, -0.2) is 0 Å². The van der Waals surface area contributed by atoms with Crippen molar-refractivity contribution in [3.8, 4) is 0 Å². The van der Waals surface area contributed by atoms with Crippen molar-refractivity contribution in [3.05, 3.63) is 35.9 Å². The number of aryl methyl sites for hydroxylation is 1. The Bertz CT molecular complexity index is 379. The number of nitrogens with one attached hydrogen (secondary N) is 1. The van der Waals surface area contributed by atoms with Crippen LogP contribution in [0.4, 0.5) is 0 Å². The Morgan fingerprint density at radius 1 is 1.28 bits per heavy atom. The van der Waals surface area contributed by atoms with E-state index >= 15 is 0 Å². The molecule has 1 aromatic carbocycles. The Balaban J connectivity index is 1.68. The zero-order chi connectivity index (χ0) is 12.8. The van der Waals surface area contributed by atoms with Gasteiger partial charge in [-0.15, -0.1) is 0 Å². The summed E-state index contributed by atoms with van der Waals surface area (Å²) in [6, 6.07) is 10.2. The van der Waals surface area contributed by atoms with E-state index in [0.29, 0.717) is 6.61 Å². The van der Waals surface area contributed by atoms with Crippen molar-refractivity contribution in [2.75, 3.05) is 13.2 Å². The highest BCUT2D eigenvalue weighted by atomic mass is 16.5. The molecule has 3 nitrogen and oxygen atoms in total. The molecule has 1 N–H and O–H groups in total. The average Bonchev–Trinajstić information content (AvgIpc) is 2.35. The van der Waals surface area contributed by atoms with Gasteiger partial charge >= 0.3 is 5.97 Å². The lowest BCUT2D eigenvalue weighted by Gasteiger charge is -2.37. The van der Waals surface area contributed by atoms with Gasteiger partial charge in [-0.05, 0) is 31.2 Å². The number of ether oxygens (including phenoxy) is 1. The molecule has 0 saturated heterocycles. The predicted molar refractivity (Wildman–Crippen MR) is 70.0 cm³/mol. The number of carbonyl (C=O) groups excluding carboxylic acids is 1. The Labute approximate surface area is 108 Å². The molecule has 1 fully saturated rings. The second-order valence-corrected chi connectivity index (χ2v) is 5.04. The lowest BCUT2D eigenvalue weighted by molar-refractivity contribution is -0.160. The standard InChI is InChI=1S/C15H20NO2/c16-12-15(9-5-10-15)14(17)18-11-4-8-13-6-2-1-3-7-13/h1-3,6-7,16H,4-5,8-12H2. The van der Waals surface area contributed by atoms with Gasteiger partial charge in [0.1, 0.15) is 0 Å². The maximum absolute atomic E-state index is 11.8.